The Labute approximate surface area is 95.5 Å². The highest BCUT2D eigenvalue weighted by atomic mass is 32.1. The first-order valence-corrected chi connectivity index (χ1v) is 6.29. The summed E-state index contributed by atoms with van der Waals surface area (Å²) in [5.41, 5.74) is 0. The molecule has 0 saturated carbocycles. The van der Waals surface area contributed by atoms with Crippen LogP contribution in [0.25, 0.3) is 0 Å². The molecule has 0 spiro atoms. The van der Waals surface area contributed by atoms with Gasteiger partial charge in [-0.2, -0.15) is 0 Å². The van der Waals surface area contributed by atoms with Crippen LogP contribution in [0.2, 0.25) is 0 Å². The minimum atomic E-state index is 0.505. The van der Waals surface area contributed by atoms with E-state index in [0.29, 0.717) is 12.1 Å². The van der Waals surface area contributed by atoms with Crippen LogP contribution in [-0.4, -0.2) is 44.7 Å². The first-order chi connectivity index (χ1) is 7.27. The van der Waals surface area contributed by atoms with Gasteiger partial charge in [-0.05, 0) is 25.5 Å². The monoisotopic (exact) mass is 225 g/mol. The Balaban J connectivity index is 1.88. The summed E-state index contributed by atoms with van der Waals surface area (Å²) in [6.07, 6.45) is 0. The van der Waals surface area contributed by atoms with Crippen molar-refractivity contribution in [2.75, 3.05) is 33.7 Å². The highest BCUT2D eigenvalue weighted by Crippen LogP contribution is 2.22. The van der Waals surface area contributed by atoms with Crippen molar-refractivity contribution < 1.29 is 0 Å². The van der Waals surface area contributed by atoms with Gasteiger partial charge < -0.3 is 15.5 Å². The van der Waals surface area contributed by atoms with Crippen LogP contribution in [0, 0.1) is 0 Å². The van der Waals surface area contributed by atoms with E-state index in [2.05, 4.69) is 47.1 Å². The summed E-state index contributed by atoms with van der Waals surface area (Å²) in [6, 6.07) is 5.52. The molecule has 84 valence electrons. The molecule has 1 aromatic heterocycles. The van der Waals surface area contributed by atoms with E-state index in [1.165, 1.54) is 4.88 Å². The highest BCUT2D eigenvalue weighted by Gasteiger charge is 2.20. The fourth-order valence-electron chi connectivity index (χ4n) is 1.73. The van der Waals surface area contributed by atoms with Crippen molar-refractivity contribution in [1.82, 2.24) is 15.5 Å². The lowest BCUT2D eigenvalue weighted by Crippen LogP contribution is -2.56. The van der Waals surface area contributed by atoms with E-state index >= 15 is 0 Å². The number of likely N-dealkylation sites (N-methyl/N-ethyl adjacent to an activating group) is 1. The Morgan fingerprint density at radius 1 is 1.60 bits per heavy atom. The summed E-state index contributed by atoms with van der Waals surface area (Å²) in [6.45, 7) is 3.27. The summed E-state index contributed by atoms with van der Waals surface area (Å²) in [4.78, 5) is 3.73. The van der Waals surface area contributed by atoms with Crippen LogP contribution in [0.4, 0.5) is 0 Å². The number of thiophene rings is 1. The maximum Gasteiger partial charge on any atom is 0.0561 e. The van der Waals surface area contributed by atoms with Crippen LogP contribution < -0.4 is 10.6 Å². The fraction of sp³-hybridized carbons (Fsp3) is 0.636. The molecule has 2 N–H and O–H groups in total. The molecule has 15 heavy (non-hydrogen) atoms. The van der Waals surface area contributed by atoms with Crippen LogP contribution in [-0.2, 0) is 0 Å². The molecule has 1 fully saturated rings. The molecule has 0 aliphatic carbocycles. The van der Waals surface area contributed by atoms with E-state index in [4.69, 9.17) is 0 Å². The molecule has 4 heteroatoms. The maximum absolute atomic E-state index is 3.59. The Morgan fingerprint density at radius 2 is 2.40 bits per heavy atom. The second-order valence-corrected chi connectivity index (χ2v) is 5.24. The van der Waals surface area contributed by atoms with E-state index in [9.17, 15) is 0 Å². The zero-order valence-electron chi connectivity index (χ0n) is 9.36. The van der Waals surface area contributed by atoms with Crippen LogP contribution >= 0.6 is 11.3 Å². The third kappa shape index (κ3) is 2.78. The maximum atomic E-state index is 3.59. The first-order valence-electron chi connectivity index (χ1n) is 5.41. The van der Waals surface area contributed by atoms with Crippen molar-refractivity contribution in [2.24, 2.45) is 0 Å². The number of nitrogens with one attached hydrogen (secondary N) is 2. The predicted molar refractivity (Wildman–Crippen MR) is 65.4 cm³/mol. The zero-order chi connectivity index (χ0) is 10.7. The quantitative estimate of drug-likeness (QED) is 0.780. The van der Waals surface area contributed by atoms with Gasteiger partial charge in [0, 0.05) is 30.6 Å². The number of nitrogens with zero attached hydrogens (tertiary/aromatic N) is 1. The Hall–Kier alpha value is -0.420. The molecule has 3 nitrogen and oxygen atoms in total. The fourth-order valence-corrected chi connectivity index (χ4v) is 2.65. The number of rotatable bonds is 5. The first kappa shape index (κ1) is 11.1. The molecule has 1 atom stereocenters. The lowest BCUT2D eigenvalue weighted by Gasteiger charge is -2.31. The van der Waals surface area contributed by atoms with Crippen LogP contribution in [0.1, 0.15) is 10.9 Å². The number of hydrogen-bond donors (Lipinski definition) is 2. The second kappa shape index (κ2) is 5.07. The molecular weight excluding hydrogens is 206 g/mol. The Bertz CT molecular complexity index is 280. The van der Waals surface area contributed by atoms with Crippen molar-refractivity contribution in [2.45, 2.75) is 12.1 Å². The van der Waals surface area contributed by atoms with E-state index in [1.54, 1.807) is 0 Å². The average Bonchev–Trinajstić information content (AvgIpc) is 2.61. The van der Waals surface area contributed by atoms with Gasteiger partial charge in [-0.1, -0.05) is 6.07 Å². The second-order valence-electron chi connectivity index (χ2n) is 4.26. The van der Waals surface area contributed by atoms with Crippen molar-refractivity contribution in [3.63, 3.8) is 0 Å². The summed E-state index contributed by atoms with van der Waals surface area (Å²) in [7, 11) is 4.29. The van der Waals surface area contributed by atoms with Gasteiger partial charge in [0.05, 0.1) is 6.04 Å². The van der Waals surface area contributed by atoms with Crippen molar-refractivity contribution in [3.8, 4) is 0 Å². The van der Waals surface area contributed by atoms with E-state index in [0.717, 1.165) is 19.6 Å². The lowest BCUT2D eigenvalue weighted by molar-refractivity contribution is 0.265. The molecule has 2 rings (SSSR count). The van der Waals surface area contributed by atoms with Gasteiger partial charge in [0.2, 0.25) is 0 Å². The largest absolute Gasteiger partial charge is 0.314 e. The topological polar surface area (TPSA) is 27.3 Å². The van der Waals surface area contributed by atoms with Gasteiger partial charge in [-0.3, -0.25) is 0 Å². The van der Waals surface area contributed by atoms with Gasteiger partial charge in [0.25, 0.3) is 0 Å². The van der Waals surface area contributed by atoms with Crippen molar-refractivity contribution in [1.29, 1.82) is 0 Å². The molecule has 0 bridgehead atoms. The summed E-state index contributed by atoms with van der Waals surface area (Å²) in [5.74, 6) is 0. The SMILES string of the molecule is CN(C)C(CNC1CNC1)c1cccs1. The normalized spacial score (nSPS) is 19.1. The molecule has 1 aliphatic rings. The minimum absolute atomic E-state index is 0.505. The summed E-state index contributed by atoms with van der Waals surface area (Å²) in [5, 5.41) is 9.02. The van der Waals surface area contributed by atoms with Gasteiger partial charge in [-0.15, -0.1) is 11.3 Å². The standard InChI is InChI=1S/C11H19N3S/c1-14(2)10(11-4-3-5-15-11)8-13-9-6-12-7-9/h3-5,9-10,12-13H,6-8H2,1-2H3. The van der Waals surface area contributed by atoms with E-state index < -0.39 is 0 Å². The predicted octanol–water partition coefficient (Wildman–Crippen LogP) is 0.912. The smallest absolute Gasteiger partial charge is 0.0561 e. The van der Waals surface area contributed by atoms with Gasteiger partial charge in [-0.25, -0.2) is 0 Å². The van der Waals surface area contributed by atoms with E-state index in [-0.39, 0.29) is 0 Å². The highest BCUT2D eigenvalue weighted by molar-refractivity contribution is 7.10. The Morgan fingerprint density at radius 3 is 2.87 bits per heavy atom. The molecular formula is C11H19N3S. The molecule has 1 aromatic rings. The van der Waals surface area contributed by atoms with Gasteiger partial charge >= 0.3 is 0 Å². The summed E-state index contributed by atoms with van der Waals surface area (Å²) >= 11 is 1.84. The van der Waals surface area contributed by atoms with Crippen LogP contribution in [0.15, 0.2) is 17.5 Å². The third-order valence-electron chi connectivity index (χ3n) is 2.88. The molecule has 1 saturated heterocycles. The van der Waals surface area contributed by atoms with Crippen molar-refractivity contribution >= 4 is 11.3 Å². The van der Waals surface area contributed by atoms with Crippen LogP contribution in [0.5, 0.6) is 0 Å². The molecule has 1 aliphatic heterocycles. The zero-order valence-corrected chi connectivity index (χ0v) is 10.2. The number of hydrogen-bond acceptors (Lipinski definition) is 4. The lowest BCUT2D eigenvalue weighted by atomic mass is 10.1. The molecule has 0 amide bonds. The average molecular weight is 225 g/mol. The Kier molecular flexibility index (Phi) is 3.75. The third-order valence-corrected chi connectivity index (χ3v) is 3.85. The van der Waals surface area contributed by atoms with E-state index in [1.807, 2.05) is 11.3 Å². The molecule has 1 unspecified atom stereocenters. The summed E-state index contributed by atoms with van der Waals surface area (Å²) < 4.78 is 0. The molecule has 2 heterocycles. The van der Waals surface area contributed by atoms with Gasteiger partial charge in [0.15, 0.2) is 0 Å². The van der Waals surface area contributed by atoms with Crippen molar-refractivity contribution in [3.05, 3.63) is 22.4 Å². The minimum Gasteiger partial charge on any atom is -0.314 e. The van der Waals surface area contributed by atoms with Gasteiger partial charge in [0.1, 0.15) is 0 Å². The molecule has 0 aromatic carbocycles. The molecule has 0 radical (unpaired) electrons. The van der Waals surface area contributed by atoms with Crippen LogP contribution in [0.3, 0.4) is 0 Å².